The SMILES string of the molecule is Cc1cc(C(=O)Nc2cc(/C(N)=N/O)ccc2Cl)ccn1. The number of hydrogen-bond acceptors (Lipinski definition) is 4. The maximum atomic E-state index is 12.2. The van der Waals surface area contributed by atoms with Crippen molar-refractivity contribution in [3.8, 4) is 0 Å². The van der Waals surface area contributed by atoms with Crippen LogP contribution in [0.5, 0.6) is 0 Å². The van der Waals surface area contributed by atoms with Gasteiger partial charge in [0.25, 0.3) is 5.91 Å². The Kier molecular flexibility index (Phi) is 4.39. The Bertz CT molecular complexity index is 716. The fraction of sp³-hybridized carbons (Fsp3) is 0.0714. The zero-order valence-corrected chi connectivity index (χ0v) is 11.9. The predicted molar refractivity (Wildman–Crippen MR) is 80.9 cm³/mol. The molecule has 2 rings (SSSR count). The van der Waals surface area contributed by atoms with Crippen LogP contribution < -0.4 is 11.1 Å². The van der Waals surface area contributed by atoms with Gasteiger partial charge in [0.15, 0.2) is 5.84 Å². The van der Waals surface area contributed by atoms with E-state index in [-0.39, 0.29) is 11.7 Å². The fourth-order valence-electron chi connectivity index (χ4n) is 1.72. The number of oxime groups is 1. The summed E-state index contributed by atoms with van der Waals surface area (Å²) in [5, 5.41) is 14.6. The Morgan fingerprint density at radius 3 is 2.76 bits per heavy atom. The Balaban J connectivity index is 2.29. The summed E-state index contributed by atoms with van der Waals surface area (Å²) in [6.07, 6.45) is 1.55. The molecule has 0 saturated heterocycles. The van der Waals surface area contributed by atoms with Crippen molar-refractivity contribution in [2.45, 2.75) is 6.92 Å². The van der Waals surface area contributed by atoms with Crippen molar-refractivity contribution in [3.63, 3.8) is 0 Å². The summed E-state index contributed by atoms with van der Waals surface area (Å²) in [4.78, 5) is 16.2. The van der Waals surface area contributed by atoms with Crippen molar-refractivity contribution in [2.75, 3.05) is 5.32 Å². The first-order valence-electron chi connectivity index (χ1n) is 6.02. The van der Waals surface area contributed by atoms with Crippen LogP contribution in [0.2, 0.25) is 5.02 Å². The largest absolute Gasteiger partial charge is 0.409 e. The highest BCUT2D eigenvalue weighted by Crippen LogP contribution is 2.23. The number of carbonyl (C=O) groups excluding carboxylic acids is 1. The van der Waals surface area contributed by atoms with Crippen molar-refractivity contribution in [1.82, 2.24) is 4.98 Å². The van der Waals surface area contributed by atoms with E-state index in [1.54, 1.807) is 37.4 Å². The monoisotopic (exact) mass is 304 g/mol. The molecule has 4 N–H and O–H groups in total. The number of benzene rings is 1. The number of amides is 1. The Hall–Kier alpha value is -2.60. The molecule has 0 aliphatic heterocycles. The van der Waals surface area contributed by atoms with Crippen LogP contribution in [0, 0.1) is 6.92 Å². The number of aryl methyl sites for hydroxylation is 1. The molecule has 0 aliphatic carbocycles. The standard InChI is InChI=1S/C14H13ClN4O2/c1-8-6-10(4-5-17-8)14(20)18-12-7-9(13(16)19-21)2-3-11(12)15/h2-7,21H,1H3,(H2,16,19)(H,18,20). The third-order valence-electron chi connectivity index (χ3n) is 2.78. The molecule has 0 unspecified atom stereocenters. The minimum Gasteiger partial charge on any atom is -0.409 e. The first-order chi connectivity index (χ1) is 10.0. The topological polar surface area (TPSA) is 101 Å². The zero-order chi connectivity index (χ0) is 15.4. The van der Waals surface area contributed by atoms with Gasteiger partial charge in [-0.05, 0) is 37.3 Å². The van der Waals surface area contributed by atoms with Gasteiger partial charge < -0.3 is 16.3 Å². The molecule has 108 valence electrons. The molecule has 7 heteroatoms. The van der Waals surface area contributed by atoms with Crippen LogP contribution >= 0.6 is 11.6 Å². The number of aromatic nitrogens is 1. The summed E-state index contributed by atoms with van der Waals surface area (Å²) in [5.41, 5.74) is 7.53. The lowest BCUT2D eigenvalue weighted by molar-refractivity contribution is 0.102. The van der Waals surface area contributed by atoms with Gasteiger partial charge in [-0.2, -0.15) is 0 Å². The van der Waals surface area contributed by atoms with E-state index in [0.717, 1.165) is 5.69 Å². The fourth-order valence-corrected chi connectivity index (χ4v) is 1.88. The molecule has 0 saturated carbocycles. The molecular formula is C14H13ClN4O2. The van der Waals surface area contributed by atoms with Gasteiger partial charge in [0, 0.05) is 23.0 Å². The molecule has 21 heavy (non-hydrogen) atoms. The number of rotatable bonds is 3. The normalized spacial score (nSPS) is 11.2. The van der Waals surface area contributed by atoms with Gasteiger partial charge in [-0.15, -0.1) is 0 Å². The summed E-state index contributed by atoms with van der Waals surface area (Å²) in [6, 6.07) is 7.94. The smallest absolute Gasteiger partial charge is 0.255 e. The van der Waals surface area contributed by atoms with Gasteiger partial charge in [-0.3, -0.25) is 9.78 Å². The summed E-state index contributed by atoms with van der Waals surface area (Å²) >= 11 is 6.04. The summed E-state index contributed by atoms with van der Waals surface area (Å²) in [7, 11) is 0. The van der Waals surface area contributed by atoms with E-state index in [0.29, 0.717) is 21.8 Å². The molecule has 0 atom stereocenters. The molecule has 0 bridgehead atoms. The maximum absolute atomic E-state index is 12.2. The number of nitrogens with two attached hydrogens (primary N) is 1. The highest BCUT2D eigenvalue weighted by atomic mass is 35.5. The van der Waals surface area contributed by atoms with Gasteiger partial charge in [0.1, 0.15) is 0 Å². The lowest BCUT2D eigenvalue weighted by Crippen LogP contribution is -2.16. The Labute approximate surface area is 126 Å². The third kappa shape index (κ3) is 3.49. The number of halogens is 1. The molecular weight excluding hydrogens is 292 g/mol. The molecule has 1 heterocycles. The number of nitrogens with zero attached hydrogens (tertiary/aromatic N) is 2. The molecule has 0 fully saturated rings. The first kappa shape index (κ1) is 14.8. The molecule has 1 amide bonds. The quantitative estimate of drug-likeness (QED) is 0.351. The van der Waals surface area contributed by atoms with Crippen molar-refractivity contribution in [3.05, 3.63) is 58.4 Å². The molecule has 2 aromatic rings. The summed E-state index contributed by atoms with van der Waals surface area (Å²) in [5.74, 6) is -0.388. The van der Waals surface area contributed by atoms with Gasteiger partial charge >= 0.3 is 0 Å². The van der Waals surface area contributed by atoms with E-state index >= 15 is 0 Å². The zero-order valence-electron chi connectivity index (χ0n) is 11.2. The minimum absolute atomic E-state index is 0.0677. The van der Waals surface area contributed by atoms with E-state index in [4.69, 9.17) is 22.5 Å². The number of anilines is 1. The minimum atomic E-state index is -0.320. The van der Waals surface area contributed by atoms with Crippen molar-refractivity contribution >= 4 is 29.0 Å². The second-order valence-corrected chi connectivity index (χ2v) is 4.73. The van der Waals surface area contributed by atoms with Crippen molar-refractivity contribution in [2.24, 2.45) is 10.9 Å². The lowest BCUT2D eigenvalue weighted by Gasteiger charge is -2.09. The van der Waals surface area contributed by atoms with E-state index in [1.165, 1.54) is 6.07 Å². The van der Waals surface area contributed by atoms with Gasteiger partial charge in [-0.1, -0.05) is 16.8 Å². The molecule has 1 aromatic heterocycles. The van der Waals surface area contributed by atoms with E-state index in [1.807, 2.05) is 0 Å². The predicted octanol–water partition coefficient (Wildman–Crippen LogP) is 2.39. The number of nitrogens with one attached hydrogen (secondary N) is 1. The molecule has 6 nitrogen and oxygen atoms in total. The second kappa shape index (κ2) is 6.23. The number of carbonyl (C=O) groups is 1. The number of hydrogen-bond donors (Lipinski definition) is 3. The first-order valence-corrected chi connectivity index (χ1v) is 6.40. The number of pyridine rings is 1. The molecule has 0 spiro atoms. The molecule has 1 aromatic carbocycles. The Morgan fingerprint density at radius 1 is 1.33 bits per heavy atom. The van der Waals surface area contributed by atoms with Crippen LogP contribution in [0.25, 0.3) is 0 Å². The maximum Gasteiger partial charge on any atom is 0.255 e. The van der Waals surface area contributed by atoms with Crippen molar-refractivity contribution < 1.29 is 10.0 Å². The van der Waals surface area contributed by atoms with E-state index in [9.17, 15) is 4.79 Å². The molecule has 0 aliphatic rings. The van der Waals surface area contributed by atoms with Crippen LogP contribution in [-0.2, 0) is 0 Å². The Morgan fingerprint density at radius 2 is 2.10 bits per heavy atom. The van der Waals surface area contributed by atoms with Crippen molar-refractivity contribution in [1.29, 1.82) is 0 Å². The van der Waals surface area contributed by atoms with E-state index in [2.05, 4.69) is 15.5 Å². The van der Waals surface area contributed by atoms with Gasteiger partial charge in [-0.25, -0.2) is 0 Å². The summed E-state index contributed by atoms with van der Waals surface area (Å²) in [6.45, 7) is 1.79. The van der Waals surface area contributed by atoms with Gasteiger partial charge in [0.05, 0.1) is 10.7 Å². The highest BCUT2D eigenvalue weighted by molar-refractivity contribution is 6.34. The lowest BCUT2D eigenvalue weighted by atomic mass is 10.1. The average molecular weight is 305 g/mol. The van der Waals surface area contributed by atoms with Crippen LogP contribution in [0.4, 0.5) is 5.69 Å². The van der Waals surface area contributed by atoms with Gasteiger partial charge in [0.2, 0.25) is 0 Å². The average Bonchev–Trinajstić information content (AvgIpc) is 2.48. The van der Waals surface area contributed by atoms with Crippen LogP contribution in [0.3, 0.4) is 0 Å². The van der Waals surface area contributed by atoms with Crippen LogP contribution in [-0.4, -0.2) is 21.9 Å². The summed E-state index contributed by atoms with van der Waals surface area (Å²) < 4.78 is 0. The highest BCUT2D eigenvalue weighted by Gasteiger charge is 2.11. The third-order valence-corrected chi connectivity index (χ3v) is 3.11. The molecule has 0 radical (unpaired) electrons. The van der Waals surface area contributed by atoms with Crippen LogP contribution in [0.15, 0.2) is 41.7 Å². The second-order valence-electron chi connectivity index (χ2n) is 4.32. The van der Waals surface area contributed by atoms with E-state index < -0.39 is 0 Å². The number of amidine groups is 1. The van der Waals surface area contributed by atoms with Crippen LogP contribution in [0.1, 0.15) is 21.6 Å².